The molecule has 2 N–H and O–H groups in total. The van der Waals surface area contributed by atoms with Gasteiger partial charge in [0.15, 0.2) is 0 Å². The Morgan fingerprint density at radius 2 is 2.00 bits per heavy atom. The molecule has 0 radical (unpaired) electrons. The molecule has 1 aromatic rings. The Morgan fingerprint density at radius 3 is 2.60 bits per heavy atom. The van der Waals surface area contributed by atoms with Gasteiger partial charge in [-0.05, 0) is 50.0 Å². The molecule has 2 nitrogen and oxygen atoms in total. The fraction of sp³-hybridized carbons (Fsp3) is 0.500. The van der Waals surface area contributed by atoms with Gasteiger partial charge in [0.05, 0.1) is 5.60 Å². The summed E-state index contributed by atoms with van der Waals surface area (Å²) in [7, 11) is 0. The maximum absolute atomic E-state index is 10.5. The zero-order valence-corrected chi connectivity index (χ0v) is 10.5. The van der Waals surface area contributed by atoms with E-state index in [0.717, 1.165) is 36.0 Å². The van der Waals surface area contributed by atoms with Crippen LogP contribution in [0.2, 0.25) is 0 Å². The number of piperidine rings is 1. The van der Waals surface area contributed by atoms with Crippen molar-refractivity contribution in [3.63, 3.8) is 0 Å². The normalized spacial score (nSPS) is 20.2. The Hall–Kier alpha value is -0.380. The zero-order valence-electron chi connectivity index (χ0n) is 8.89. The minimum absolute atomic E-state index is 0.655. The molecule has 1 saturated heterocycles. The molecule has 0 saturated carbocycles. The molecule has 2 rings (SSSR count). The minimum atomic E-state index is -0.655. The van der Waals surface area contributed by atoms with E-state index < -0.39 is 5.60 Å². The van der Waals surface area contributed by atoms with Crippen molar-refractivity contribution in [3.05, 3.63) is 33.8 Å². The summed E-state index contributed by atoms with van der Waals surface area (Å²) >= 11 is 3.54. The Kier molecular flexibility index (Phi) is 3.14. The van der Waals surface area contributed by atoms with Gasteiger partial charge in [-0.2, -0.15) is 0 Å². The number of rotatable bonds is 1. The first kappa shape index (κ1) is 11.1. The van der Waals surface area contributed by atoms with Gasteiger partial charge >= 0.3 is 0 Å². The van der Waals surface area contributed by atoms with Crippen LogP contribution in [0.1, 0.15) is 24.0 Å². The van der Waals surface area contributed by atoms with Crippen LogP contribution in [0.4, 0.5) is 0 Å². The van der Waals surface area contributed by atoms with E-state index in [2.05, 4.69) is 40.3 Å². The third-order valence-corrected chi connectivity index (χ3v) is 3.71. The highest BCUT2D eigenvalue weighted by Crippen LogP contribution is 2.35. The van der Waals surface area contributed by atoms with Gasteiger partial charge in [-0.15, -0.1) is 0 Å². The third kappa shape index (κ3) is 2.25. The van der Waals surface area contributed by atoms with Crippen LogP contribution in [-0.2, 0) is 5.60 Å². The maximum atomic E-state index is 10.5. The number of hydrogen-bond acceptors (Lipinski definition) is 2. The number of aryl methyl sites for hydroxylation is 1. The lowest BCUT2D eigenvalue weighted by atomic mass is 9.85. The van der Waals surface area contributed by atoms with Gasteiger partial charge in [-0.3, -0.25) is 0 Å². The van der Waals surface area contributed by atoms with Gasteiger partial charge in [0.1, 0.15) is 0 Å². The quantitative estimate of drug-likeness (QED) is 0.821. The highest BCUT2D eigenvalue weighted by Gasteiger charge is 2.32. The molecule has 15 heavy (non-hydrogen) atoms. The minimum Gasteiger partial charge on any atom is -0.385 e. The Labute approximate surface area is 98.8 Å². The van der Waals surface area contributed by atoms with Crippen LogP contribution in [-0.4, -0.2) is 18.2 Å². The molecule has 0 aromatic heterocycles. The largest absolute Gasteiger partial charge is 0.385 e. The van der Waals surface area contributed by atoms with Crippen LogP contribution in [0, 0.1) is 6.92 Å². The lowest BCUT2D eigenvalue weighted by Crippen LogP contribution is -2.39. The fourth-order valence-electron chi connectivity index (χ4n) is 2.11. The van der Waals surface area contributed by atoms with E-state index in [0.29, 0.717) is 0 Å². The molecule has 0 bridgehead atoms. The van der Waals surface area contributed by atoms with E-state index in [1.807, 2.05) is 6.07 Å². The number of benzene rings is 1. The van der Waals surface area contributed by atoms with Crippen LogP contribution < -0.4 is 5.32 Å². The molecule has 3 heteroatoms. The second-order valence-electron chi connectivity index (χ2n) is 4.26. The van der Waals surface area contributed by atoms with Crippen molar-refractivity contribution < 1.29 is 5.11 Å². The summed E-state index contributed by atoms with van der Waals surface area (Å²) in [4.78, 5) is 0. The average molecular weight is 270 g/mol. The molecule has 1 fully saturated rings. The van der Waals surface area contributed by atoms with Gasteiger partial charge in [0, 0.05) is 4.47 Å². The Morgan fingerprint density at radius 1 is 1.33 bits per heavy atom. The molecule has 0 atom stereocenters. The second kappa shape index (κ2) is 4.24. The molecule has 0 unspecified atom stereocenters. The second-order valence-corrected chi connectivity index (χ2v) is 5.12. The lowest BCUT2D eigenvalue weighted by Gasteiger charge is -2.33. The van der Waals surface area contributed by atoms with Gasteiger partial charge in [-0.25, -0.2) is 0 Å². The number of halogens is 1. The Balaban J connectivity index is 2.35. The first-order valence-corrected chi connectivity index (χ1v) is 6.11. The summed E-state index contributed by atoms with van der Waals surface area (Å²) in [5, 5.41) is 13.8. The van der Waals surface area contributed by atoms with Gasteiger partial charge in [0.2, 0.25) is 0 Å². The molecule has 1 aliphatic heterocycles. The predicted octanol–water partition coefficient (Wildman–Crippen LogP) is 2.33. The van der Waals surface area contributed by atoms with Crippen LogP contribution in [0.25, 0.3) is 0 Å². The monoisotopic (exact) mass is 269 g/mol. The lowest BCUT2D eigenvalue weighted by molar-refractivity contribution is 0.00527. The number of aliphatic hydroxyl groups is 1. The zero-order chi connectivity index (χ0) is 10.9. The third-order valence-electron chi connectivity index (χ3n) is 3.06. The predicted molar refractivity (Wildman–Crippen MR) is 64.9 cm³/mol. The summed E-state index contributed by atoms with van der Waals surface area (Å²) in [6.45, 7) is 3.83. The van der Waals surface area contributed by atoms with Crippen molar-refractivity contribution >= 4 is 15.9 Å². The topological polar surface area (TPSA) is 32.3 Å². The first-order chi connectivity index (χ1) is 7.12. The summed E-state index contributed by atoms with van der Waals surface area (Å²) in [5.74, 6) is 0. The van der Waals surface area contributed by atoms with E-state index in [9.17, 15) is 5.11 Å². The summed E-state index contributed by atoms with van der Waals surface area (Å²) in [6.07, 6.45) is 1.57. The number of hydrogen-bond donors (Lipinski definition) is 2. The Bertz CT molecular complexity index is 359. The van der Waals surface area contributed by atoms with Gasteiger partial charge in [0.25, 0.3) is 0 Å². The molecule has 1 heterocycles. The molecule has 0 amide bonds. The molecule has 0 spiro atoms. The van der Waals surface area contributed by atoms with Gasteiger partial charge in [-0.1, -0.05) is 28.1 Å². The molecule has 1 aromatic carbocycles. The first-order valence-electron chi connectivity index (χ1n) is 5.31. The van der Waals surface area contributed by atoms with Crippen molar-refractivity contribution in [1.82, 2.24) is 5.32 Å². The average Bonchev–Trinajstić information content (AvgIpc) is 2.18. The van der Waals surface area contributed by atoms with Crippen LogP contribution in [0.15, 0.2) is 22.7 Å². The van der Waals surface area contributed by atoms with E-state index in [4.69, 9.17) is 0 Å². The summed E-state index contributed by atoms with van der Waals surface area (Å²) in [6, 6.07) is 6.15. The van der Waals surface area contributed by atoms with E-state index in [-0.39, 0.29) is 0 Å². The van der Waals surface area contributed by atoms with Crippen LogP contribution in [0.5, 0.6) is 0 Å². The molecular weight excluding hydrogens is 254 g/mol. The van der Waals surface area contributed by atoms with E-state index in [1.165, 1.54) is 5.56 Å². The van der Waals surface area contributed by atoms with Crippen LogP contribution >= 0.6 is 15.9 Å². The highest BCUT2D eigenvalue weighted by molar-refractivity contribution is 9.10. The molecule has 82 valence electrons. The van der Waals surface area contributed by atoms with Crippen molar-refractivity contribution in [2.24, 2.45) is 0 Å². The van der Waals surface area contributed by atoms with Crippen LogP contribution in [0.3, 0.4) is 0 Å². The highest BCUT2D eigenvalue weighted by atomic mass is 79.9. The van der Waals surface area contributed by atoms with Crippen molar-refractivity contribution in [3.8, 4) is 0 Å². The SMILES string of the molecule is Cc1ccc(C2(O)CCNCC2)c(Br)c1. The fourth-order valence-corrected chi connectivity index (χ4v) is 2.97. The van der Waals surface area contributed by atoms with Crippen molar-refractivity contribution in [2.75, 3.05) is 13.1 Å². The maximum Gasteiger partial charge on any atom is 0.0931 e. The smallest absolute Gasteiger partial charge is 0.0931 e. The van der Waals surface area contributed by atoms with Gasteiger partial charge < -0.3 is 10.4 Å². The van der Waals surface area contributed by atoms with Crippen molar-refractivity contribution in [1.29, 1.82) is 0 Å². The summed E-state index contributed by atoms with van der Waals surface area (Å²) < 4.78 is 1.02. The molecule has 0 aliphatic carbocycles. The van der Waals surface area contributed by atoms with E-state index in [1.54, 1.807) is 0 Å². The molecular formula is C12H16BrNO. The van der Waals surface area contributed by atoms with E-state index >= 15 is 0 Å². The number of nitrogens with one attached hydrogen (secondary N) is 1. The standard InChI is InChI=1S/C12H16BrNO/c1-9-2-3-10(11(13)8-9)12(15)4-6-14-7-5-12/h2-3,8,14-15H,4-7H2,1H3. The summed E-state index contributed by atoms with van der Waals surface area (Å²) in [5.41, 5.74) is 1.58. The molecule has 1 aliphatic rings. The van der Waals surface area contributed by atoms with Crippen molar-refractivity contribution in [2.45, 2.75) is 25.4 Å².